The molecule has 2 fully saturated rings. The fourth-order valence-corrected chi connectivity index (χ4v) is 2.09. The Morgan fingerprint density at radius 2 is 2.44 bits per heavy atom. The Bertz CT molecular complexity index is 438. The summed E-state index contributed by atoms with van der Waals surface area (Å²) < 4.78 is 18.7. The zero-order valence-corrected chi connectivity index (χ0v) is 8.60. The number of pyridine rings is 1. The number of hydrogen-bond acceptors (Lipinski definition) is 3. The van der Waals surface area contributed by atoms with Crippen LogP contribution in [0.15, 0.2) is 18.5 Å². The summed E-state index contributed by atoms with van der Waals surface area (Å²) in [6.45, 7) is 1.22. The lowest BCUT2D eigenvalue weighted by Crippen LogP contribution is -2.39. The first-order valence-corrected chi connectivity index (χ1v) is 5.30. The van der Waals surface area contributed by atoms with Gasteiger partial charge in [0.1, 0.15) is 6.10 Å². The molecule has 5 heteroatoms. The van der Waals surface area contributed by atoms with Crippen molar-refractivity contribution in [1.29, 1.82) is 0 Å². The van der Waals surface area contributed by atoms with Crippen molar-refractivity contribution in [3.63, 3.8) is 0 Å². The average molecular weight is 222 g/mol. The Labute approximate surface area is 92.0 Å². The molecule has 1 aromatic rings. The van der Waals surface area contributed by atoms with Gasteiger partial charge in [-0.1, -0.05) is 0 Å². The molecule has 0 aromatic carbocycles. The van der Waals surface area contributed by atoms with Gasteiger partial charge in [0, 0.05) is 19.3 Å². The molecule has 0 aliphatic carbocycles. The highest BCUT2D eigenvalue weighted by Crippen LogP contribution is 2.31. The molecular formula is C11H11FN2O2. The summed E-state index contributed by atoms with van der Waals surface area (Å²) in [5.74, 6) is -0.833. The van der Waals surface area contributed by atoms with Crippen LogP contribution in [0.25, 0.3) is 0 Å². The van der Waals surface area contributed by atoms with E-state index in [1.165, 1.54) is 12.3 Å². The Balaban J connectivity index is 1.79. The van der Waals surface area contributed by atoms with Crippen LogP contribution in [-0.2, 0) is 4.74 Å². The summed E-state index contributed by atoms with van der Waals surface area (Å²) in [7, 11) is 0. The van der Waals surface area contributed by atoms with Gasteiger partial charge >= 0.3 is 0 Å². The average Bonchev–Trinajstić information content (AvgIpc) is 3.06. The van der Waals surface area contributed by atoms with Crippen molar-refractivity contribution in [2.75, 3.05) is 13.1 Å². The van der Waals surface area contributed by atoms with Gasteiger partial charge in [-0.3, -0.25) is 9.78 Å². The molecule has 2 aliphatic heterocycles. The number of halogens is 1. The number of nitrogens with zero attached hydrogens (tertiary/aromatic N) is 2. The van der Waals surface area contributed by atoms with Crippen LogP contribution in [0, 0.1) is 5.82 Å². The summed E-state index contributed by atoms with van der Waals surface area (Å²) in [5.41, 5.74) is 0.0918. The SMILES string of the molecule is O=C(c1ccncc1F)N1CC[C@H]2O[C@H]2C1. The molecule has 0 unspecified atom stereocenters. The summed E-state index contributed by atoms with van der Waals surface area (Å²) in [4.78, 5) is 17.3. The van der Waals surface area contributed by atoms with Gasteiger partial charge < -0.3 is 9.64 Å². The molecule has 2 saturated heterocycles. The third-order valence-corrected chi connectivity index (χ3v) is 3.06. The molecule has 3 heterocycles. The molecule has 0 bridgehead atoms. The predicted octanol–water partition coefficient (Wildman–Crippen LogP) is 0.834. The van der Waals surface area contributed by atoms with Crippen LogP contribution >= 0.6 is 0 Å². The number of ether oxygens (including phenoxy) is 1. The number of aromatic nitrogens is 1. The molecule has 0 radical (unpaired) electrons. The Kier molecular flexibility index (Phi) is 2.14. The van der Waals surface area contributed by atoms with Crippen molar-refractivity contribution >= 4 is 5.91 Å². The fourth-order valence-electron chi connectivity index (χ4n) is 2.09. The Hall–Kier alpha value is -1.49. The monoisotopic (exact) mass is 222 g/mol. The highest BCUT2D eigenvalue weighted by atomic mass is 19.1. The minimum atomic E-state index is -0.564. The molecule has 1 amide bonds. The van der Waals surface area contributed by atoms with Gasteiger partial charge in [0.15, 0.2) is 5.82 Å². The van der Waals surface area contributed by atoms with E-state index in [0.717, 1.165) is 12.6 Å². The van der Waals surface area contributed by atoms with E-state index >= 15 is 0 Å². The second kappa shape index (κ2) is 3.52. The van der Waals surface area contributed by atoms with Crippen molar-refractivity contribution in [3.05, 3.63) is 29.8 Å². The van der Waals surface area contributed by atoms with Gasteiger partial charge in [0.05, 0.1) is 17.9 Å². The summed E-state index contributed by atoms with van der Waals surface area (Å²) >= 11 is 0. The smallest absolute Gasteiger partial charge is 0.257 e. The lowest BCUT2D eigenvalue weighted by Gasteiger charge is -2.24. The van der Waals surface area contributed by atoms with Crippen LogP contribution in [0.1, 0.15) is 16.8 Å². The number of hydrogen-bond donors (Lipinski definition) is 0. The second-order valence-corrected chi connectivity index (χ2v) is 4.11. The number of fused-ring (bicyclic) bond motifs is 1. The molecule has 0 spiro atoms. The molecule has 1 aromatic heterocycles. The van der Waals surface area contributed by atoms with Crippen LogP contribution in [0.3, 0.4) is 0 Å². The summed E-state index contributed by atoms with van der Waals surface area (Å²) in [6, 6.07) is 1.41. The van der Waals surface area contributed by atoms with Crippen LogP contribution in [0.2, 0.25) is 0 Å². The number of carbonyl (C=O) groups is 1. The minimum absolute atomic E-state index is 0.0918. The van der Waals surface area contributed by atoms with Gasteiger partial charge in [-0.2, -0.15) is 0 Å². The van der Waals surface area contributed by atoms with E-state index in [-0.39, 0.29) is 17.6 Å². The van der Waals surface area contributed by atoms with E-state index in [9.17, 15) is 9.18 Å². The van der Waals surface area contributed by atoms with Crippen LogP contribution in [0.4, 0.5) is 4.39 Å². The van der Waals surface area contributed by atoms with E-state index in [2.05, 4.69) is 4.98 Å². The van der Waals surface area contributed by atoms with E-state index in [0.29, 0.717) is 19.2 Å². The number of carbonyl (C=O) groups excluding carboxylic acids is 1. The third-order valence-electron chi connectivity index (χ3n) is 3.06. The maximum atomic E-state index is 13.4. The van der Waals surface area contributed by atoms with Crippen molar-refractivity contribution in [2.24, 2.45) is 0 Å². The molecule has 16 heavy (non-hydrogen) atoms. The topological polar surface area (TPSA) is 45.7 Å². The number of epoxide rings is 1. The molecule has 3 rings (SSSR count). The molecule has 2 atom stereocenters. The predicted molar refractivity (Wildman–Crippen MR) is 53.4 cm³/mol. The number of piperidine rings is 1. The molecule has 0 saturated carbocycles. The van der Waals surface area contributed by atoms with Crippen molar-refractivity contribution in [3.8, 4) is 0 Å². The maximum absolute atomic E-state index is 13.4. The number of rotatable bonds is 1. The summed E-state index contributed by atoms with van der Waals surface area (Å²) in [5, 5.41) is 0. The minimum Gasteiger partial charge on any atom is -0.368 e. The lowest BCUT2D eigenvalue weighted by atomic mass is 10.1. The standard InChI is InChI=1S/C11H11FN2O2/c12-8-5-13-3-1-7(8)11(15)14-4-2-9-10(6-14)16-9/h1,3,5,9-10H,2,4,6H2/t9-,10+/m1/s1. The molecule has 2 aliphatic rings. The van der Waals surface area contributed by atoms with E-state index in [1.807, 2.05) is 0 Å². The largest absolute Gasteiger partial charge is 0.368 e. The van der Waals surface area contributed by atoms with Gasteiger partial charge in [-0.15, -0.1) is 0 Å². The zero-order chi connectivity index (χ0) is 11.1. The third kappa shape index (κ3) is 1.57. The van der Waals surface area contributed by atoms with Crippen molar-refractivity contribution in [1.82, 2.24) is 9.88 Å². The van der Waals surface area contributed by atoms with E-state index < -0.39 is 5.82 Å². The zero-order valence-electron chi connectivity index (χ0n) is 8.60. The van der Waals surface area contributed by atoms with Gasteiger partial charge in [-0.25, -0.2) is 4.39 Å². The normalized spacial score (nSPS) is 27.4. The number of amides is 1. The van der Waals surface area contributed by atoms with Crippen LogP contribution in [-0.4, -0.2) is 41.1 Å². The van der Waals surface area contributed by atoms with Crippen molar-refractivity contribution in [2.45, 2.75) is 18.6 Å². The highest BCUT2D eigenvalue weighted by molar-refractivity contribution is 5.94. The van der Waals surface area contributed by atoms with E-state index in [1.54, 1.807) is 4.90 Å². The maximum Gasteiger partial charge on any atom is 0.257 e. The summed E-state index contributed by atoms with van der Waals surface area (Å²) in [6.07, 6.45) is 3.84. The molecule has 84 valence electrons. The molecular weight excluding hydrogens is 211 g/mol. The van der Waals surface area contributed by atoms with Crippen LogP contribution in [0.5, 0.6) is 0 Å². The molecule has 0 N–H and O–H groups in total. The first kappa shape index (κ1) is 9.72. The molecule has 4 nitrogen and oxygen atoms in total. The van der Waals surface area contributed by atoms with Gasteiger partial charge in [-0.05, 0) is 12.5 Å². The van der Waals surface area contributed by atoms with Crippen LogP contribution < -0.4 is 0 Å². The first-order chi connectivity index (χ1) is 7.75. The number of likely N-dealkylation sites (tertiary alicyclic amines) is 1. The Morgan fingerprint density at radius 3 is 3.19 bits per heavy atom. The lowest BCUT2D eigenvalue weighted by molar-refractivity contribution is 0.0731. The second-order valence-electron chi connectivity index (χ2n) is 4.11. The van der Waals surface area contributed by atoms with E-state index in [4.69, 9.17) is 4.74 Å². The first-order valence-electron chi connectivity index (χ1n) is 5.30. The van der Waals surface area contributed by atoms with Gasteiger partial charge in [0.25, 0.3) is 5.91 Å². The van der Waals surface area contributed by atoms with Gasteiger partial charge in [0.2, 0.25) is 0 Å². The Morgan fingerprint density at radius 1 is 1.56 bits per heavy atom. The quantitative estimate of drug-likeness (QED) is 0.661. The fraction of sp³-hybridized carbons (Fsp3) is 0.455. The van der Waals surface area contributed by atoms with Crippen molar-refractivity contribution < 1.29 is 13.9 Å². The highest BCUT2D eigenvalue weighted by Gasteiger charge is 2.44.